The first-order valence-corrected chi connectivity index (χ1v) is 9.86. The second-order valence-electron chi connectivity index (χ2n) is 7.60. The van der Waals surface area contributed by atoms with Gasteiger partial charge in [0.1, 0.15) is 0 Å². The molecule has 128 valence electrons. The Morgan fingerprint density at radius 1 is 0.846 bits per heavy atom. The van der Waals surface area contributed by atoms with Crippen molar-refractivity contribution in [1.29, 1.82) is 0 Å². The summed E-state index contributed by atoms with van der Waals surface area (Å²) in [6.45, 7) is 2.29. The minimum atomic E-state index is 0.469. The minimum absolute atomic E-state index is 0.469. The Labute approximate surface area is 155 Å². The van der Waals surface area contributed by atoms with Gasteiger partial charge in [0.05, 0.1) is 0 Å². The molecule has 5 rings (SSSR count). The highest BCUT2D eigenvalue weighted by Crippen LogP contribution is 2.51. The SMILES string of the molecule is CCCCC1=Cc2c(ccc3ccccc23)C1C1C=Cc2ccccc21. The number of hydrogen-bond acceptors (Lipinski definition) is 0. The normalized spacial score (nSPS) is 20.3. The van der Waals surface area contributed by atoms with Crippen LogP contribution in [-0.2, 0) is 0 Å². The summed E-state index contributed by atoms with van der Waals surface area (Å²) in [7, 11) is 0. The first kappa shape index (κ1) is 15.6. The fraction of sp³-hybridized carbons (Fsp3) is 0.231. The highest BCUT2D eigenvalue weighted by atomic mass is 14.4. The zero-order chi connectivity index (χ0) is 17.5. The molecule has 26 heavy (non-hydrogen) atoms. The van der Waals surface area contributed by atoms with Gasteiger partial charge >= 0.3 is 0 Å². The Balaban J connectivity index is 1.67. The second-order valence-corrected chi connectivity index (χ2v) is 7.60. The summed E-state index contributed by atoms with van der Waals surface area (Å²) >= 11 is 0. The quantitative estimate of drug-likeness (QED) is 0.468. The van der Waals surface area contributed by atoms with Gasteiger partial charge in [-0.1, -0.05) is 97.8 Å². The third-order valence-electron chi connectivity index (χ3n) is 6.09. The molecule has 2 atom stereocenters. The van der Waals surface area contributed by atoms with Crippen molar-refractivity contribution in [2.75, 3.05) is 0 Å². The third kappa shape index (κ3) is 2.36. The Morgan fingerprint density at radius 2 is 1.69 bits per heavy atom. The molecule has 0 heterocycles. The summed E-state index contributed by atoms with van der Waals surface area (Å²) in [5.41, 5.74) is 7.46. The lowest BCUT2D eigenvalue weighted by Crippen LogP contribution is -2.09. The highest BCUT2D eigenvalue weighted by Gasteiger charge is 2.34. The van der Waals surface area contributed by atoms with Crippen LogP contribution in [0.25, 0.3) is 22.9 Å². The molecule has 0 aromatic heterocycles. The minimum Gasteiger partial charge on any atom is -0.0754 e. The van der Waals surface area contributed by atoms with Gasteiger partial charge in [0, 0.05) is 11.8 Å². The fourth-order valence-electron chi connectivity index (χ4n) is 4.82. The summed E-state index contributed by atoms with van der Waals surface area (Å²) in [5.74, 6) is 0.956. The predicted octanol–water partition coefficient (Wildman–Crippen LogP) is 7.32. The summed E-state index contributed by atoms with van der Waals surface area (Å²) < 4.78 is 0. The van der Waals surface area contributed by atoms with E-state index in [4.69, 9.17) is 0 Å². The molecule has 0 saturated carbocycles. The molecule has 0 saturated heterocycles. The molecule has 2 aliphatic rings. The Hall–Kier alpha value is -2.60. The monoisotopic (exact) mass is 336 g/mol. The summed E-state index contributed by atoms with van der Waals surface area (Å²) in [4.78, 5) is 0. The standard InChI is InChI=1S/C26H24/c1-2-3-8-20-17-25-22-12-7-5-10-19(22)14-16-24(25)26(20)23-15-13-18-9-4-6-11-21(18)23/h4-7,9-17,23,26H,2-3,8H2,1H3. The summed E-state index contributed by atoms with van der Waals surface area (Å²) in [6.07, 6.45) is 11.0. The van der Waals surface area contributed by atoms with Crippen LogP contribution in [0.3, 0.4) is 0 Å². The van der Waals surface area contributed by atoms with Crippen LogP contribution in [0.15, 0.2) is 72.3 Å². The van der Waals surface area contributed by atoms with Gasteiger partial charge in [0.25, 0.3) is 0 Å². The van der Waals surface area contributed by atoms with Crippen LogP contribution >= 0.6 is 0 Å². The van der Waals surface area contributed by atoms with E-state index in [-0.39, 0.29) is 0 Å². The number of benzene rings is 3. The van der Waals surface area contributed by atoms with Crippen LogP contribution in [0.1, 0.15) is 60.3 Å². The molecule has 0 bridgehead atoms. The molecule has 3 aromatic carbocycles. The molecule has 3 aromatic rings. The lowest BCUT2D eigenvalue weighted by atomic mass is 9.79. The van der Waals surface area contributed by atoms with Crippen LogP contribution < -0.4 is 0 Å². The lowest BCUT2D eigenvalue weighted by molar-refractivity contribution is 0.665. The van der Waals surface area contributed by atoms with Gasteiger partial charge in [-0.25, -0.2) is 0 Å². The molecule has 0 aliphatic heterocycles. The number of hydrogen-bond donors (Lipinski definition) is 0. The van der Waals surface area contributed by atoms with E-state index >= 15 is 0 Å². The zero-order valence-corrected chi connectivity index (χ0v) is 15.3. The number of unbranched alkanes of at least 4 members (excludes halogenated alkanes) is 1. The lowest BCUT2D eigenvalue weighted by Gasteiger charge is -2.24. The van der Waals surface area contributed by atoms with Gasteiger partial charge in [-0.05, 0) is 45.9 Å². The Bertz CT molecular complexity index is 1030. The van der Waals surface area contributed by atoms with E-state index in [1.807, 2.05) is 0 Å². The summed E-state index contributed by atoms with van der Waals surface area (Å²) in [6, 6.07) is 22.4. The van der Waals surface area contributed by atoms with E-state index in [9.17, 15) is 0 Å². The molecule has 2 unspecified atom stereocenters. The summed E-state index contributed by atoms with van der Waals surface area (Å²) in [5, 5.41) is 2.75. The van der Waals surface area contributed by atoms with E-state index in [0.29, 0.717) is 11.8 Å². The van der Waals surface area contributed by atoms with Crippen LogP contribution in [0, 0.1) is 0 Å². The van der Waals surface area contributed by atoms with Crippen LogP contribution in [0.2, 0.25) is 0 Å². The van der Waals surface area contributed by atoms with Crippen molar-refractivity contribution in [1.82, 2.24) is 0 Å². The van der Waals surface area contributed by atoms with Gasteiger partial charge in [0.15, 0.2) is 0 Å². The average Bonchev–Trinajstić information content (AvgIpc) is 3.27. The molecule has 0 spiro atoms. The molecule has 0 nitrogen and oxygen atoms in total. The average molecular weight is 336 g/mol. The van der Waals surface area contributed by atoms with Gasteiger partial charge < -0.3 is 0 Å². The van der Waals surface area contributed by atoms with Crippen molar-refractivity contribution in [3.05, 3.63) is 94.6 Å². The van der Waals surface area contributed by atoms with Gasteiger partial charge in [-0.3, -0.25) is 0 Å². The van der Waals surface area contributed by atoms with Crippen molar-refractivity contribution < 1.29 is 0 Å². The van der Waals surface area contributed by atoms with Crippen LogP contribution in [0.4, 0.5) is 0 Å². The molecule has 0 radical (unpaired) electrons. The van der Waals surface area contributed by atoms with E-state index < -0.39 is 0 Å². The molecule has 0 heteroatoms. The molecule has 0 fully saturated rings. The molecule has 2 aliphatic carbocycles. The Morgan fingerprint density at radius 3 is 2.62 bits per heavy atom. The van der Waals surface area contributed by atoms with Gasteiger partial charge in [0.2, 0.25) is 0 Å². The number of allylic oxidation sites excluding steroid dienone is 2. The van der Waals surface area contributed by atoms with E-state index in [1.165, 1.54) is 52.3 Å². The van der Waals surface area contributed by atoms with Crippen molar-refractivity contribution in [2.45, 2.75) is 38.0 Å². The van der Waals surface area contributed by atoms with Crippen LogP contribution in [-0.4, -0.2) is 0 Å². The maximum Gasteiger partial charge on any atom is 0.0161 e. The van der Waals surface area contributed by atoms with Gasteiger partial charge in [-0.15, -0.1) is 0 Å². The molecular weight excluding hydrogens is 312 g/mol. The maximum absolute atomic E-state index is 2.51. The zero-order valence-electron chi connectivity index (χ0n) is 15.3. The van der Waals surface area contributed by atoms with E-state index in [0.717, 1.165) is 0 Å². The van der Waals surface area contributed by atoms with Crippen molar-refractivity contribution in [3.8, 4) is 0 Å². The molecular formula is C26H24. The van der Waals surface area contributed by atoms with Gasteiger partial charge in [-0.2, -0.15) is 0 Å². The highest BCUT2D eigenvalue weighted by molar-refractivity contribution is 5.94. The smallest absolute Gasteiger partial charge is 0.0161 e. The van der Waals surface area contributed by atoms with Crippen molar-refractivity contribution in [2.24, 2.45) is 0 Å². The first-order chi connectivity index (χ1) is 12.9. The number of fused-ring (bicyclic) bond motifs is 4. The van der Waals surface area contributed by atoms with E-state index in [1.54, 1.807) is 5.57 Å². The van der Waals surface area contributed by atoms with Crippen LogP contribution in [0.5, 0.6) is 0 Å². The molecule has 0 N–H and O–H groups in total. The predicted molar refractivity (Wildman–Crippen MR) is 112 cm³/mol. The topological polar surface area (TPSA) is 0 Å². The van der Waals surface area contributed by atoms with Crippen molar-refractivity contribution >= 4 is 22.9 Å². The number of rotatable bonds is 4. The first-order valence-electron chi connectivity index (χ1n) is 9.86. The molecule has 0 amide bonds. The third-order valence-corrected chi connectivity index (χ3v) is 6.09. The van der Waals surface area contributed by atoms with Crippen molar-refractivity contribution in [3.63, 3.8) is 0 Å². The Kier molecular flexibility index (Phi) is 3.78. The second kappa shape index (κ2) is 6.29. The largest absolute Gasteiger partial charge is 0.0754 e. The fourth-order valence-corrected chi connectivity index (χ4v) is 4.82. The van der Waals surface area contributed by atoms with E-state index in [2.05, 4.69) is 85.8 Å². The maximum atomic E-state index is 2.51.